The highest BCUT2D eigenvalue weighted by Gasteiger charge is 2.71. The third kappa shape index (κ3) is 2.71. The monoisotopic (exact) mass is 404 g/mol. The first-order valence-electron chi connectivity index (χ1n) is 10.8. The number of hydrogen-bond acceptors (Lipinski definition) is 4. The van der Waals surface area contributed by atoms with Gasteiger partial charge in [0.2, 0.25) is 0 Å². The molecule has 3 aromatic rings. The van der Waals surface area contributed by atoms with E-state index in [9.17, 15) is 9.90 Å². The molecular formula is C24H28N4O2. The van der Waals surface area contributed by atoms with Crippen molar-refractivity contribution in [2.45, 2.75) is 44.1 Å². The number of aliphatic hydroxyl groups excluding tert-OH is 1. The summed E-state index contributed by atoms with van der Waals surface area (Å²) in [7, 11) is 0. The second-order valence-electron chi connectivity index (χ2n) is 8.87. The molecule has 3 unspecified atom stereocenters. The molecule has 1 amide bonds. The summed E-state index contributed by atoms with van der Waals surface area (Å²) >= 11 is 0. The van der Waals surface area contributed by atoms with Crippen LogP contribution < -0.4 is 11.1 Å². The standard InChI is InChI=1S/C24H28N4O2/c1-2-4-20(29)24-14-23(24,11-12-26-15-24)17-7-9-18(10-8-17)28-13-16-5-3-6-19(22(25)30)21(16)27-28/h3,5-10,13,20,26,29H,2,4,11-12,14-15H2,1H3,(H2,25,30). The van der Waals surface area contributed by atoms with E-state index in [0.717, 1.165) is 49.8 Å². The van der Waals surface area contributed by atoms with Crippen LogP contribution in [0.15, 0.2) is 48.7 Å². The van der Waals surface area contributed by atoms with Crippen LogP contribution in [0.1, 0.15) is 48.5 Å². The quantitative estimate of drug-likeness (QED) is 0.589. The Hall–Kier alpha value is -2.70. The Bertz CT molecular complexity index is 1110. The average Bonchev–Trinajstić information content (AvgIpc) is 3.29. The van der Waals surface area contributed by atoms with Gasteiger partial charge < -0.3 is 16.2 Å². The predicted molar refractivity (Wildman–Crippen MR) is 117 cm³/mol. The molecule has 156 valence electrons. The van der Waals surface area contributed by atoms with Gasteiger partial charge in [-0.1, -0.05) is 37.6 Å². The number of piperidine rings is 1. The number of benzene rings is 2. The van der Waals surface area contributed by atoms with Crippen LogP contribution in [0.2, 0.25) is 0 Å². The van der Waals surface area contributed by atoms with Crippen molar-refractivity contribution in [1.82, 2.24) is 15.1 Å². The first-order chi connectivity index (χ1) is 14.5. The van der Waals surface area contributed by atoms with Gasteiger partial charge in [0.05, 0.1) is 17.4 Å². The second-order valence-corrected chi connectivity index (χ2v) is 8.87. The zero-order chi connectivity index (χ0) is 20.9. The van der Waals surface area contributed by atoms with E-state index in [1.54, 1.807) is 10.7 Å². The fourth-order valence-electron chi connectivity index (χ4n) is 5.62. The third-order valence-corrected chi connectivity index (χ3v) is 7.30. The lowest BCUT2D eigenvalue weighted by atomic mass is 9.77. The lowest BCUT2D eigenvalue weighted by molar-refractivity contribution is 0.0584. The Morgan fingerprint density at radius 1 is 1.30 bits per heavy atom. The molecule has 2 aromatic carbocycles. The summed E-state index contributed by atoms with van der Waals surface area (Å²) in [5, 5.41) is 19.9. The van der Waals surface area contributed by atoms with Crippen molar-refractivity contribution < 1.29 is 9.90 Å². The molecule has 3 atom stereocenters. The zero-order valence-electron chi connectivity index (χ0n) is 17.3. The maximum atomic E-state index is 11.7. The van der Waals surface area contributed by atoms with Gasteiger partial charge in [-0.25, -0.2) is 4.68 Å². The van der Waals surface area contributed by atoms with Crippen LogP contribution in [-0.4, -0.2) is 40.0 Å². The van der Waals surface area contributed by atoms with Crippen molar-refractivity contribution in [2.75, 3.05) is 13.1 Å². The molecule has 2 fully saturated rings. The van der Waals surface area contributed by atoms with Crippen LogP contribution >= 0.6 is 0 Å². The SMILES string of the molecule is CCCC(O)C12CNCCC1(c1ccc(-n3cc4cccc(C(N)=O)c4n3)cc1)C2. The number of amides is 1. The molecule has 1 aliphatic carbocycles. The first-order valence-corrected chi connectivity index (χ1v) is 10.8. The van der Waals surface area contributed by atoms with E-state index in [2.05, 4.69) is 41.6 Å². The molecule has 30 heavy (non-hydrogen) atoms. The number of nitrogens with two attached hydrogens (primary N) is 1. The normalized spacial score (nSPS) is 26.3. The Labute approximate surface area is 176 Å². The molecule has 0 bridgehead atoms. The fourth-order valence-corrected chi connectivity index (χ4v) is 5.62. The van der Waals surface area contributed by atoms with Crippen molar-refractivity contribution >= 4 is 16.8 Å². The van der Waals surface area contributed by atoms with Crippen LogP contribution in [-0.2, 0) is 5.41 Å². The summed E-state index contributed by atoms with van der Waals surface area (Å²) in [6.45, 7) is 4.01. The molecule has 6 heteroatoms. The van der Waals surface area contributed by atoms with E-state index in [1.165, 1.54) is 5.56 Å². The van der Waals surface area contributed by atoms with Gasteiger partial charge in [0.15, 0.2) is 0 Å². The van der Waals surface area contributed by atoms with Gasteiger partial charge in [-0.15, -0.1) is 0 Å². The Morgan fingerprint density at radius 2 is 2.10 bits per heavy atom. The van der Waals surface area contributed by atoms with E-state index in [0.29, 0.717) is 11.1 Å². The third-order valence-electron chi connectivity index (χ3n) is 7.30. The molecular weight excluding hydrogens is 376 g/mol. The first kappa shape index (κ1) is 19.3. The number of rotatable bonds is 6. The molecule has 1 saturated heterocycles. The highest BCUT2D eigenvalue weighted by Crippen LogP contribution is 2.69. The lowest BCUT2D eigenvalue weighted by Crippen LogP contribution is -2.44. The molecule has 1 aromatic heterocycles. The molecule has 4 N–H and O–H groups in total. The summed E-state index contributed by atoms with van der Waals surface area (Å²) in [6.07, 6.45) is 5.61. The van der Waals surface area contributed by atoms with Gasteiger partial charge in [-0.05, 0) is 49.6 Å². The number of primary amides is 1. The van der Waals surface area contributed by atoms with Crippen molar-refractivity contribution in [3.63, 3.8) is 0 Å². The van der Waals surface area contributed by atoms with Crippen molar-refractivity contribution in [3.05, 3.63) is 59.8 Å². The maximum absolute atomic E-state index is 11.7. The van der Waals surface area contributed by atoms with Gasteiger partial charge in [0.1, 0.15) is 5.52 Å². The van der Waals surface area contributed by atoms with Crippen molar-refractivity contribution in [2.24, 2.45) is 11.1 Å². The van der Waals surface area contributed by atoms with Crippen molar-refractivity contribution in [1.29, 1.82) is 0 Å². The topological polar surface area (TPSA) is 93.2 Å². The van der Waals surface area contributed by atoms with Crippen LogP contribution in [0.4, 0.5) is 0 Å². The molecule has 0 radical (unpaired) electrons. The Balaban J connectivity index is 1.47. The number of fused-ring (bicyclic) bond motifs is 2. The van der Waals surface area contributed by atoms with Crippen LogP contribution in [0.5, 0.6) is 0 Å². The van der Waals surface area contributed by atoms with Crippen LogP contribution in [0.3, 0.4) is 0 Å². The number of aliphatic hydroxyl groups is 1. The molecule has 2 aliphatic rings. The second kappa shape index (κ2) is 6.93. The largest absolute Gasteiger partial charge is 0.392 e. The number of hydrogen-bond donors (Lipinski definition) is 3. The van der Waals surface area contributed by atoms with E-state index < -0.39 is 5.91 Å². The van der Waals surface area contributed by atoms with Crippen molar-refractivity contribution in [3.8, 4) is 5.69 Å². The van der Waals surface area contributed by atoms with Gasteiger partial charge in [-0.3, -0.25) is 4.79 Å². The van der Waals surface area contributed by atoms with E-state index in [1.807, 2.05) is 18.3 Å². The van der Waals surface area contributed by atoms with E-state index >= 15 is 0 Å². The van der Waals surface area contributed by atoms with Gasteiger partial charge >= 0.3 is 0 Å². The predicted octanol–water partition coefficient (Wildman–Crippen LogP) is 2.91. The van der Waals surface area contributed by atoms with Gasteiger partial charge in [0.25, 0.3) is 5.91 Å². The Kier molecular flexibility index (Phi) is 4.45. The van der Waals surface area contributed by atoms with E-state index in [-0.39, 0.29) is 16.9 Å². The minimum Gasteiger partial charge on any atom is -0.392 e. The number of nitrogens with zero attached hydrogens (tertiary/aromatic N) is 2. The summed E-state index contributed by atoms with van der Waals surface area (Å²) in [5.74, 6) is -0.470. The van der Waals surface area contributed by atoms with Crippen LogP contribution in [0, 0.1) is 5.41 Å². The zero-order valence-corrected chi connectivity index (χ0v) is 17.3. The minimum absolute atomic E-state index is 0.0421. The summed E-state index contributed by atoms with van der Waals surface area (Å²) in [6, 6.07) is 14.0. The molecule has 1 saturated carbocycles. The highest BCUT2D eigenvalue weighted by atomic mass is 16.3. The molecule has 0 spiro atoms. The van der Waals surface area contributed by atoms with Crippen LogP contribution in [0.25, 0.3) is 16.6 Å². The summed E-state index contributed by atoms with van der Waals surface area (Å²) < 4.78 is 1.80. The number of carbonyl (C=O) groups excluding carboxylic acids is 1. The average molecular weight is 405 g/mol. The van der Waals surface area contributed by atoms with Gasteiger partial charge in [-0.2, -0.15) is 5.10 Å². The molecule has 2 heterocycles. The summed E-state index contributed by atoms with van der Waals surface area (Å²) in [5.41, 5.74) is 8.82. The lowest BCUT2D eigenvalue weighted by Gasteiger charge is -2.35. The number of carbonyl (C=O) groups is 1. The number of aromatic nitrogens is 2. The fraction of sp³-hybridized carbons (Fsp3) is 0.417. The molecule has 5 rings (SSSR count). The highest BCUT2D eigenvalue weighted by molar-refractivity contribution is 6.04. The smallest absolute Gasteiger partial charge is 0.250 e. The van der Waals surface area contributed by atoms with Gasteiger partial charge in [0, 0.05) is 29.0 Å². The maximum Gasteiger partial charge on any atom is 0.250 e. The molecule has 6 nitrogen and oxygen atoms in total. The molecule has 1 aliphatic heterocycles. The van der Waals surface area contributed by atoms with E-state index in [4.69, 9.17) is 5.73 Å². The number of nitrogens with one attached hydrogen (secondary N) is 1. The minimum atomic E-state index is -0.470. The summed E-state index contributed by atoms with van der Waals surface area (Å²) in [4.78, 5) is 11.7. The Morgan fingerprint density at radius 3 is 2.83 bits per heavy atom.